The number of fused-ring (bicyclic) bond motifs is 2. The molecule has 2 fully saturated rings. The van der Waals surface area contributed by atoms with Gasteiger partial charge in [0.1, 0.15) is 17.0 Å². The molecule has 3 aliphatic rings. The van der Waals surface area contributed by atoms with E-state index < -0.39 is 68.6 Å². The second kappa shape index (κ2) is 10.8. The van der Waals surface area contributed by atoms with Crippen molar-refractivity contribution in [3.63, 3.8) is 0 Å². The van der Waals surface area contributed by atoms with E-state index in [-0.39, 0.29) is 47.2 Å². The Morgan fingerprint density at radius 1 is 1.11 bits per heavy atom. The second-order valence-electron chi connectivity index (χ2n) is 12.2. The Morgan fingerprint density at radius 2 is 1.83 bits per heavy atom. The molecule has 2 saturated carbocycles. The quantitative estimate of drug-likeness (QED) is 0.139. The molecule has 248 valence electrons. The number of hydrogen-bond donors (Lipinski definition) is 0. The maximum absolute atomic E-state index is 14.5. The van der Waals surface area contributed by atoms with Crippen LogP contribution in [0.15, 0.2) is 53.7 Å². The minimum atomic E-state index is -4.71. The normalized spacial score (nSPS) is 23.8. The number of hydrogen-bond acceptors (Lipinski definition) is 7. The molecule has 0 saturated heterocycles. The van der Waals surface area contributed by atoms with Gasteiger partial charge in [0.2, 0.25) is 10.9 Å². The van der Waals surface area contributed by atoms with Crippen LogP contribution in [0.1, 0.15) is 58.0 Å². The lowest BCUT2D eigenvalue weighted by molar-refractivity contribution is -0.134. The van der Waals surface area contributed by atoms with E-state index in [0.717, 1.165) is 0 Å². The molecule has 0 spiro atoms. The van der Waals surface area contributed by atoms with E-state index in [1.54, 1.807) is 36.1 Å². The van der Waals surface area contributed by atoms with Gasteiger partial charge < -0.3 is 0 Å². The highest BCUT2D eigenvalue weighted by atomic mass is 32.2. The van der Waals surface area contributed by atoms with E-state index >= 15 is 0 Å². The first-order valence-electron chi connectivity index (χ1n) is 14.6. The van der Waals surface area contributed by atoms with Gasteiger partial charge in [-0.2, -0.15) is 18.3 Å². The van der Waals surface area contributed by atoms with Gasteiger partial charge in [0.25, 0.3) is 5.92 Å². The lowest BCUT2D eigenvalue weighted by atomic mass is 9.60. The molecule has 17 heteroatoms. The Labute approximate surface area is 269 Å². The van der Waals surface area contributed by atoms with Gasteiger partial charge in [-0.05, 0) is 67.5 Å². The van der Waals surface area contributed by atoms with Crippen molar-refractivity contribution < 1.29 is 35.3 Å². The molecule has 3 aromatic heterocycles. The van der Waals surface area contributed by atoms with E-state index in [1.165, 1.54) is 27.4 Å². The third-order valence-corrected chi connectivity index (χ3v) is 12.2. The fraction of sp³-hybridized carbons (Fsp3) is 0.400. The first-order chi connectivity index (χ1) is 22.1. The average Bonchev–Trinajstić information content (AvgIpc) is 3.75. The summed E-state index contributed by atoms with van der Waals surface area (Å²) in [4.78, 5) is 21.4. The first kappa shape index (κ1) is 31.8. The summed E-state index contributed by atoms with van der Waals surface area (Å²) < 4.78 is 102. The molecule has 1 unspecified atom stereocenters. The predicted octanol–water partition coefficient (Wildman–Crippen LogP) is 5.77. The van der Waals surface area contributed by atoms with Crippen molar-refractivity contribution in [1.29, 1.82) is 0 Å². The third kappa shape index (κ3) is 5.41. The molecule has 7 rings (SSSR count). The van der Waals surface area contributed by atoms with Crippen molar-refractivity contribution in [3.8, 4) is 5.69 Å². The lowest BCUT2D eigenvalue weighted by Crippen LogP contribution is -2.59. The number of rotatable bonds is 7. The molecule has 47 heavy (non-hydrogen) atoms. The Morgan fingerprint density at radius 3 is 2.45 bits per heavy atom. The summed E-state index contributed by atoms with van der Waals surface area (Å²) in [6.45, 7) is 0. The maximum Gasteiger partial charge on any atom is 0.427 e. The third-order valence-electron chi connectivity index (χ3n) is 9.11. The summed E-state index contributed by atoms with van der Waals surface area (Å²) in [6, 6.07) is 4.04. The molecule has 9 nitrogen and oxygen atoms in total. The molecular formula is C30H27F6N7O2S2. The summed E-state index contributed by atoms with van der Waals surface area (Å²) in [5.41, 5.74) is 0.930. The monoisotopic (exact) mass is 695 g/mol. The van der Waals surface area contributed by atoms with Crippen LogP contribution in [0.4, 0.5) is 26.3 Å². The van der Waals surface area contributed by atoms with Gasteiger partial charge in [-0.15, -0.1) is 16.4 Å². The average molecular weight is 696 g/mol. The molecule has 1 aromatic carbocycles. The van der Waals surface area contributed by atoms with E-state index in [4.69, 9.17) is 0 Å². The number of carbonyl (C=O) groups is 1. The van der Waals surface area contributed by atoms with Gasteiger partial charge in [-0.25, -0.2) is 36.3 Å². The summed E-state index contributed by atoms with van der Waals surface area (Å²) in [5.74, 6) is -0.154. The Kier molecular flexibility index (Phi) is 7.33. The van der Waals surface area contributed by atoms with Crippen molar-refractivity contribution in [2.45, 2.75) is 67.9 Å². The smallest absolute Gasteiger partial charge is 0.290 e. The SMILES string of the molecule is C=S(=O)(c1ncn(C)n1)N(C1CC(F)(F)C1)[C@H]1CCC2=Cc3c(cnn3-c3ccc(F)cc3)C[C@]2(C(=O)c2ncc(C(F)(F)F)s2)C1. The minimum Gasteiger partial charge on any atom is -0.290 e. The van der Waals surface area contributed by atoms with E-state index in [0.29, 0.717) is 28.7 Å². The molecule has 0 bridgehead atoms. The van der Waals surface area contributed by atoms with Crippen LogP contribution in [-0.2, 0) is 29.4 Å². The Bertz CT molecular complexity index is 2010. The Hall–Kier alpha value is -3.83. The van der Waals surface area contributed by atoms with E-state index in [2.05, 4.69) is 26.0 Å². The number of aryl methyl sites for hydroxylation is 1. The van der Waals surface area contributed by atoms with Crippen LogP contribution in [-0.4, -0.2) is 67.7 Å². The van der Waals surface area contributed by atoms with Crippen LogP contribution in [0, 0.1) is 11.2 Å². The number of nitrogens with zero attached hydrogens (tertiary/aromatic N) is 7. The Balaban J connectivity index is 1.33. The van der Waals surface area contributed by atoms with Gasteiger partial charge in [0, 0.05) is 32.0 Å². The van der Waals surface area contributed by atoms with Crippen LogP contribution < -0.4 is 0 Å². The van der Waals surface area contributed by atoms with Crippen molar-refractivity contribution in [3.05, 3.63) is 75.5 Å². The molecule has 0 amide bonds. The van der Waals surface area contributed by atoms with Crippen LogP contribution in [0.25, 0.3) is 11.8 Å². The molecule has 3 heterocycles. The molecular weight excluding hydrogens is 668 g/mol. The van der Waals surface area contributed by atoms with Crippen molar-refractivity contribution in [1.82, 2.24) is 33.8 Å². The van der Waals surface area contributed by atoms with Crippen LogP contribution in [0.3, 0.4) is 0 Å². The van der Waals surface area contributed by atoms with Gasteiger partial charge in [0.05, 0.1) is 38.9 Å². The molecule has 3 atom stereocenters. The van der Waals surface area contributed by atoms with Crippen molar-refractivity contribution in [2.24, 2.45) is 12.5 Å². The zero-order valence-corrected chi connectivity index (χ0v) is 26.4. The predicted molar refractivity (Wildman–Crippen MR) is 161 cm³/mol. The van der Waals surface area contributed by atoms with Gasteiger partial charge in [-0.1, -0.05) is 5.57 Å². The number of Topliss-reactive ketones (excluding diaryl/α,β-unsaturated/α-hetero) is 1. The molecule has 0 aliphatic heterocycles. The van der Waals surface area contributed by atoms with Gasteiger partial charge in [0.15, 0.2) is 5.01 Å². The summed E-state index contributed by atoms with van der Waals surface area (Å²) >= 11 is 0.240. The summed E-state index contributed by atoms with van der Waals surface area (Å²) in [5, 5.41) is 8.14. The number of benzene rings is 1. The zero-order chi connectivity index (χ0) is 33.5. The molecule has 0 radical (unpaired) electrons. The van der Waals surface area contributed by atoms with E-state index in [9.17, 15) is 35.3 Å². The highest BCUT2D eigenvalue weighted by molar-refractivity contribution is 7.98. The zero-order valence-electron chi connectivity index (χ0n) is 24.8. The molecule has 3 aliphatic carbocycles. The lowest BCUT2D eigenvalue weighted by Gasteiger charge is -2.51. The number of alkyl halides is 5. The van der Waals surface area contributed by atoms with Crippen LogP contribution in [0.2, 0.25) is 0 Å². The fourth-order valence-corrected chi connectivity index (χ4v) is 9.72. The van der Waals surface area contributed by atoms with Crippen molar-refractivity contribution in [2.75, 3.05) is 0 Å². The number of aromatic nitrogens is 6. The minimum absolute atomic E-state index is 0.0143. The molecule has 0 N–H and O–H groups in total. The number of halogens is 6. The number of thiazole rings is 1. The topological polar surface area (TPSA) is 98.8 Å². The molecule has 4 aromatic rings. The number of ketones is 1. The largest absolute Gasteiger partial charge is 0.427 e. The van der Waals surface area contributed by atoms with Gasteiger partial charge in [-0.3, -0.25) is 9.48 Å². The summed E-state index contributed by atoms with van der Waals surface area (Å²) in [7, 11) is -1.98. The number of allylic oxidation sites excluding steroid dienone is 1. The van der Waals surface area contributed by atoms with Gasteiger partial charge >= 0.3 is 6.18 Å². The van der Waals surface area contributed by atoms with Crippen LogP contribution >= 0.6 is 11.3 Å². The maximum atomic E-state index is 14.5. The first-order valence-corrected chi connectivity index (χ1v) is 17.1. The van der Waals surface area contributed by atoms with Crippen molar-refractivity contribution >= 4 is 38.8 Å². The van der Waals surface area contributed by atoms with Crippen LogP contribution in [0.5, 0.6) is 0 Å². The fourth-order valence-electron chi connectivity index (χ4n) is 6.95. The highest BCUT2D eigenvalue weighted by Crippen LogP contribution is 2.54. The van der Waals surface area contributed by atoms with E-state index in [1.807, 2.05) is 0 Å². The highest BCUT2D eigenvalue weighted by Gasteiger charge is 2.56. The number of carbonyl (C=O) groups excluding carboxylic acids is 1. The second-order valence-corrected chi connectivity index (χ2v) is 15.3. The standard InChI is InChI=1S/C30H27F6N7O2S2/c1-41-16-38-27(40-41)47(2,45)43(22-12-29(32,33)13-22)21-6-3-18-9-23-17(14-39-42(23)20-7-4-19(31)5-8-20)10-28(18,11-21)25(44)26-37-15-24(46-26)30(34,35)36/h4-5,7-9,14-16,21-22H,2-3,6,10-13H2,1H3/t21-,28-,47?/m0/s1. The summed E-state index contributed by atoms with van der Waals surface area (Å²) in [6.07, 6.45) is -0.141.